The van der Waals surface area contributed by atoms with Crippen LogP contribution in [0.5, 0.6) is 0 Å². The van der Waals surface area contributed by atoms with E-state index in [1.165, 1.54) is 19.4 Å². The fourth-order valence-corrected chi connectivity index (χ4v) is 1.42. The molecule has 0 spiro atoms. The highest BCUT2D eigenvalue weighted by molar-refractivity contribution is 9.09. The predicted octanol–water partition coefficient (Wildman–Crippen LogP) is 1.73. The van der Waals surface area contributed by atoms with E-state index in [0.29, 0.717) is 4.95 Å². The minimum absolute atomic E-state index is 0.582. The molecule has 2 atom stereocenters. The van der Waals surface area contributed by atoms with E-state index in [0.717, 1.165) is 5.92 Å². The maximum absolute atomic E-state index is 3.50. The zero-order valence-electron chi connectivity index (χ0n) is 5.15. The van der Waals surface area contributed by atoms with Gasteiger partial charge < -0.3 is 5.32 Å². The molecule has 1 aliphatic rings. The molecular formula is C6H12BrN. The Bertz CT molecular complexity index is 56.9. The van der Waals surface area contributed by atoms with Gasteiger partial charge in [0.05, 0.1) is 4.95 Å². The minimum atomic E-state index is 0.582. The van der Waals surface area contributed by atoms with Crippen molar-refractivity contribution in [2.24, 2.45) is 5.92 Å². The highest BCUT2D eigenvalue weighted by atomic mass is 79.9. The van der Waals surface area contributed by atoms with Gasteiger partial charge in [0, 0.05) is 0 Å². The molecule has 0 amide bonds. The van der Waals surface area contributed by atoms with E-state index in [-0.39, 0.29) is 0 Å². The molecule has 0 bridgehead atoms. The summed E-state index contributed by atoms with van der Waals surface area (Å²) in [5, 5.41) is 3.35. The number of rotatable bonds is 0. The third-order valence-electron chi connectivity index (χ3n) is 1.60. The Balaban J connectivity index is 2.19. The molecule has 1 N–H and O–H groups in total. The van der Waals surface area contributed by atoms with E-state index in [4.69, 9.17) is 0 Å². The third-order valence-corrected chi connectivity index (χ3v) is 2.38. The van der Waals surface area contributed by atoms with Crippen molar-refractivity contribution in [1.29, 1.82) is 0 Å². The van der Waals surface area contributed by atoms with E-state index in [1.807, 2.05) is 0 Å². The van der Waals surface area contributed by atoms with Crippen LogP contribution in [-0.4, -0.2) is 11.5 Å². The van der Waals surface area contributed by atoms with Crippen LogP contribution in [0.25, 0.3) is 0 Å². The van der Waals surface area contributed by atoms with Crippen molar-refractivity contribution in [1.82, 2.24) is 5.32 Å². The molecule has 1 fully saturated rings. The molecule has 0 radical (unpaired) electrons. The molecule has 0 aromatic heterocycles. The first-order valence-corrected chi connectivity index (χ1v) is 4.08. The fourth-order valence-electron chi connectivity index (χ4n) is 0.964. The van der Waals surface area contributed by atoms with Crippen LogP contribution in [0.2, 0.25) is 0 Å². The van der Waals surface area contributed by atoms with Gasteiger partial charge >= 0.3 is 0 Å². The zero-order chi connectivity index (χ0) is 5.98. The van der Waals surface area contributed by atoms with Crippen LogP contribution in [-0.2, 0) is 0 Å². The molecule has 48 valence electrons. The van der Waals surface area contributed by atoms with Crippen molar-refractivity contribution in [2.75, 3.05) is 6.54 Å². The fraction of sp³-hybridized carbons (Fsp3) is 1.00. The first-order valence-electron chi connectivity index (χ1n) is 3.16. The van der Waals surface area contributed by atoms with E-state index in [1.54, 1.807) is 0 Å². The summed E-state index contributed by atoms with van der Waals surface area (Å²) in [6.07, 6.45) is 2.64. The summed E-state index contributed by atoms with van der Waals surface area (Å²) in [6.45, 7) is 3.46. The van der Waals surface area contributed by atoms with E-state index < -0.39 is 0 Å². The van der Waals surface area contributed by atoms with Crippen molar-refractivity contribution >= 4 is 15.9 Å². The Morgan fingerprint density at radius 2 is 2.25 bits per heavy atom. The normalized spacial score (nSPS) is 39.8. The number of nitrogens with one attached hydrogen (secondary N) is 1. The zero-order valence-corrected chi connectivity index (χ0v) is 6.74. The monoisotopic (exact) mass is 177 g/mol. The second-order valence-corrected chi connectivity index (χ2v) is 3.66. The summed E-state index contributed by atoms with van der Waals surface area (Å²) >= 11 is 3.50. The Morgan fingerprint density at radius 3 is 2.62 bits per heavy atom. The molecule has 1 aliphatic heterocycles. The quantitative estimate of drug-likeness (QED) is 0.440. The van der Waals surface area contributed by atoms with Crippen LogP contribution in [0, 0.1) is 5.92 Å². The summed E-state index contributed by atoms with van der Waals surface area (Å²) in [4.78, 5) is 0.582. The number of hydrogen-bond acceptors (Lipinski definition) is 1. The lowest BCUT2D eigenvalue weighted by Crippen LogP contribution is -2.33. The average Bonchev–Trinajstić information content (AvgIpc) is 1.77. The Hall–Kier alpha value is 0.440. The molecule has 0 saturated carbocycles. The van der Waals surface area contributed by atoms with Crippen molar-refractivity contribution in [2.45, 2.75) is 24.7 Å². The van der Waals surface area contributed by atoms with Gasteiger partial charge in [-0.1, -0.05) is 22.9 Å². The maximum atomic E-state index is 3.50. The Kier molecular flexibility index (Phi) is 2.32. The molecule has 0 aliphatic carbocycles. The van der Waals surface area contributed by atoms with Crippen molar-refractivity contribution in [3.05, 3.63) is 0 Å². The van der Waals surface area contributed by atoms with Crippen molar-refractivity contribution < 1.29 is 0 Å². The van der Waals surface area contributed by atoms with Gasteiger partial charge in [-0.3, -0.25) is 0 Å². The van der Waals surface area contributed by atoms with Crippen LogP contribution in [0.3, 0.4) is 0 Å². The summed E-state index contributed by atoms with van der Waals surface area (Å²) in [6, 6.07) is 0. The molecule has 8 heavy (non-hydrogen) atoms. The lowest BCUT2D eigenvalue weighted by Gasteiger charge is -2.23. The lowest BCUT2D eigenvalue weighted by molar-refractivity contribution is 0.390. The highest BCUT2D eigenvalue weighted by Crippen LogP contribution is 2.16. The average molecular weight is 178 g/mol. The number of alkyl halides is 1. The SMILES string of the molecule is CC1CCC(Br)NC1. The Morgan fingerprint density at radius 1 is 1.50 bits per heavy atom. The minimum Gasteiger partial charge on any atom is -0.305 e. The third kappa shape index (κ3) is 1.75. The number of piperidine rings is 1. The molecule has 0 aromatic carbocycles. The highest BCUT2D eigenvalue weighted by Gasteiger charge is 2.13. The van der Waals surface area contributed by atoms with E-state index in [9.17, 15) is 0 Å². The molecule has 1 nitrogen and oxygen atoms in total. The van der Waals surface area contributed by atoms with E-state index in [2.05, 4.69) is 28.2 Å². The maximum Gasteiger partial charge on any atom is 0.0630 e. The second kappa shape index (κ2) is 2.83. The van der Waals surface area contributed by atoms with Crippen molar-refractivity contribution in [3.63, 3.8) is 0 Å². The van der Waals surface area contributed by atoms with Crippen LogP contribution >= 0.6 is 15.9 Å². The summed E-state index contributed by atoms with van der Waals surface area (Å²) < 4.78 is 0. The predicted molar refractivity (Wildman–Crippen MR) is 39.1 cm³/mol. The molecule has 2 unspecified atom stereocenters. The van der Waals surface area contributed by atoms with Gasteiger partial charge in [-0.25, -0.2) is 0 Å². The molecule has 0 aromatic rings. The van der Waals surface area contributed by atoms with Gasteiger partial charge in [0.1, 0.15) is 0 Å². The first-order chi connectivity index (χ1) is 3.79. The number of hydrogen-bond donors (Lipinski definition) is 1. The summed E-state index contributed by atoms with van der Waals surface area (Å²) in [7, 11) is 0. The van der Waals surface area contributed by atoms with E-state index >= 15 is 0 Å². The molecule has 2 heteroatoms. The van der Waals surface area contributed by atoms with Gasteiger partial charge in [0.25, 0.3) is 0 Å². The van der Waals surface area contributed by atoms with Gasteiger partial charge in [0.2, 0.25) is 0 Å². The van der Waals surface area contributed by atoms with Crippen LogP contribution in [0.4, 0.5) is 0 Å². The summed E-state index contributed by atoms with van der Waals surface area (Å²) in [5.41, 5.74) is 0. The van der Waals surface area contributed by atoms with Crippen molar-refractivity contribution in [3.8, 4) is 0 Å². The van der Waals surface area contributed by atoms with Crippen LogP contribution in [0.1, 0.15) is 19.8 Å². The van der Waals surface area contributed by atoms with Gasteiger partial charge in [-0.2, -0.15) is 0 Å². The van der Waals surface area contributed by atoms with Gasteiger partial charge in [0.15, 0.2) is 0 Å². The van der Waals surface area contributed by atoms with Gasteiger partial charge in [-0.15, -0.1) is 0 Å². The van der Waals surface area contributed by atoms with Gasteiger partial charge in [-0.05, 0) is 25.3 Å². The molecule has 1 saturated heterocycles. The topological polar surface area (TPSA) is 12.0 Å². The molecule has 1 rings (SSSR count). The standard InChI is InChI=1S/C6H12BrN/c1-5-2-3-6(7)8-4-5/h5-6,8H,2-4H2,1H3. The van der Waals surface area contributed by atoms with Crippen LogP contribution in [0.15, 0.2) is 0 Å². The van der Waals surface area contributed by atoms with Crippen LogP contribution < -0.4 is 5.32 Å². The second-order valence-electron chi connectivity index (χ2n) is 2.56. The Labute approximate surface area is 59.0 Å². The largest absolute Gasteiger partial charge is 0.305 e. The molecular weight excluding hydrogens is 166 g/mol. The number of halogens is 1. The summed E-state index contributed by atoms with van der Waals surface area (Å²) in [5.74, 6) is 0.879. The molecule has 1 heterocycles. The smallest absolute Gasteiger partial charge is 0.0630 e. The first kappa shape index (κ1) is 6.56. The lowest BCUT2D eigenvalue weighted by atomic mass is 10.0.